The fraction of sp³-hybridized carbons (Fsp3) is 0.100. The zero-order valence-corrected chi connectivity index (χ0v) is 15.7. The predicted molar refractivity (Wildman–Crippen MR) is 108 cm³/mol. The van der Waals surface area contributed by atoms with Gasteiger partial charge in [0.1, 0.15) is 0 Å². The molecule has 0 N–H and O–H groups in total. The van der Waals surface area contributed by atoms with E-state index in [1.165, 1.54) is 11.3 Å². The van der Waals surface area contributed by atoms with Gasteiger partial charge in [0.05, 0.1) is 17.2 Å². The number of imidazole rings is 1. The standard InChI is InChI=1S/C20H18ClN3OS/c1-2-12-23(14-18-8-9-19(21)26-18)20(25)10-5-16-3-6-17(7-4-16)24-13-11-22-15-24/h2-11,13,15H,1,12,14H2/b10-5+. The number of aromatic nitrogens is 2. The van der Waals surface area contributed by atoms with Crippen LogP contribution in [0, 0.1) is 0 Å². The Morgan fingerprint density at radius 2 is 2.08 bits per heavy atom. The highest BCUT2D eigenvalue weighted by Crippen LogP contribution is 2.23. The van der Waals surface area contributed by atoms with Crippen LogP contribution in [0.15, 0.2) is 73.9 Å². The lowest BCUT2D eigenvalue weighted by Gasteiger charge is -2.18. The molecule has 132 valence electrons. The second kappa shape index (κ2) is 8.65. The summed E-state index contributed by atoms with van der Waals surface area (Å²) in [5, 5.41) is 0. The van der Waals surface area contributed by atoms with E-state index in [2.05, 4.69) is 11.6 Å². The first-order valence-electron chi connectivity index (χ1n) is 8.06. The molecule has 2 aromatic heterocycles. The Labute approximate surface area is 161 Å². The molecule has 1 amide bonds. The van der Waals surface area contributed by atoms with Gasteiger partial charge in [0.15, 0.2) is 0 Å². The van der Waals surface area contributed by atoms with Crippen LogP contribution in [0.4, 0.5) is 0 Å². The molecule has 1 aromatic carbocycles. The second-order valence-corrected chi connectivity index (χ2v) is 7.41. The first kappa shape index (κ1) is 18.2. The summed E-state index contributed by atoms with van der Waals surface area (Å²) in [5.74, 6) is -0.0619. The van der Waals surface area contributed by atoms with Gasteiger partial charge < -0.3 is 9.47 Å². The van der Waals surface area contributed by atoms with E-state index in [4.69, 9.17) is 11.6 Å². The molecule has 0 unspecified atom stereocenters. The number of hydrogen-bond donors (Lipinski definition) is 0. The molecule has 0 radical (unpaired) electrons. The van der Waals surface area contributed by atoms with Crippen molar-refractivity contribution < 1.29 is 4.79 Å². The van der Waals surface area contributed by atoms with Gasteiger partial charge in [-0.15, -0.1) is 17.9 Å². The average molecular weight is 384 g/mol. The van der Waals surface area contributed by atoms with Crippen LogP contribution in [0.25, 0.3) is 11.8 Å². The van der Waals surface area contributed by atoms with Gasteiger partial charge in [-0.1, -0.05) is 29.8 Å². The maximum atomic E-state index is 12.5. The molecular weight excluding hydrogens is 366 g/mol. The minimum absolute atomic E-state index is 0.0619. The lowest BCUT2D eigenvalue weighted by atomic mass is 10.2. The molecule has 0 aliphatic carbocycles. The Balaban J connectivity index is 1.67. The van der Waals surface area contributed by atoms with Gasteiger partial charge in [0.25, 0.3) is 0 Å². The molecule has 26 heavy (non-hydrogen) atoms. The van der Waals surface area contributed by atoms with Crippen LogP contribution in [0.5, 0.6) is 0 Å². The lowest BCUT2D eigenvalue weighted by Crippen LogP contribution is -2.28. The number of amides is 1. The van der Waals surface area contributed by atoms with Crippen molar-refractivity contribution in [3.8, 4) is 5.69 Å². The predicted octanol–water partition coefficient (Wildman–Crippen LogP) is 4.82. The third kappa shape index (κ3) is 4.71. The first-order chi connectivity index (χ1) is 12.7. The van der Waals surface area contributed by atoms with Crippen LogP contribution in [0.1, 0.15) is 10.4 Å². The zero-order valence-electron chi connectivity index (χ0n) is 14.1. The number of thiophene rings is 1. The van der Waals surface area contributed by atoms with E-state index in [0.717, 1.165) is 20.5 Å². The maximum Gasteiger partial charge on any atom is 0.247 e. The summed E-state index contributed by atoms with van der Waals surface area (Å²) in [6, 6.07) is 11.7. The Bertz CT molecular complexity index is 898. The number of nitrogens with zero attached hydrogens (tertiary/aromatic N) is 3. The van der Waals surface area contributed by atoms with E-state index < -0.39 is 0 Å². The number of carbonyl (C=O) groups excluding carboxylic acids is 1. The smallest absolute Gasteiger partial charge is 0.247 e. The Morgan fingerprint density at radius 1 is 1.27 bits per heavy atom. The zero-order chi connectivity index (χ0) is 18.4. The molecule has 0 aliphatic heterocycles. The molecular formula is C20H18ClN3OS. The molecule has 6 heteroatoms. The minimum atomic E-state index is -0.0619. The number of halogens is 1. The monoisotopic (exact) mass is 383 g/mol. The van der Waals surface area contributed by atoms with Crippen LogP contribution in [-0.4, -0.2) is 26.9 Å². The van der Waals surface area contributed by atoms with Crippen LogP contribution < -0.4 is 0 Å². The van der Waals surface area contributed by atoms with E-state index in [1.54, 1.807) is 29.6 Å². The van der Waals surface area contributed by atoms with Gasteiger partial charge >= 0.3 is 0 Å². The summed E-state index contributed by atoms with van der Waals surface area (Å²) in [5.41, 5.74) is 1.98. The number of carbonyl (C=O) groups is 1. The molecule has 0 saturated carbocycles. The summed E-state index contributed by atoms with van der Waals surface area (Å²) in [7, 11) is 0. The van der Waals surface area contributed by atoms with E-state index in [-0.39, 0.29) is 5.91 Å². The molecule has 2 heterocycles. The largest absolute Gasteiger partial charge is 0.330 e. The fourth-order valence-corrected chi connectivity index (χ4v) is 3.56. The van der Waals surface area contributed by atoms with Crippen LogP contribution in [0.3, 0.4) is 0 Å². The van der Waals surface area contributed by atoms with Crippen molar-refractivity contribution in [3.63, 3.8) is 0 Å². The van der Waals surface area contributed by atoms with Gasteiger partial charge in [0, 0.05) is 35.6 Å². The van der Waals surface area contributed by atoms with Gasteiger partial charge in [-0.2, -0.15) is 0 Å². The fourth-order valence-electron chi connectivity index (χ4n) is 2.46. The Morgan fingerprint density at radius 3 is 2.69 bits per heavy atom. The van der Waals surface area contributed by atoms with Crippen molar-refractivity contribution in [1.29, 1.82) is 0 Å². The van der Waals surface area contributed by atoms with Gasteiger partial charge in [-0.25, -0.2) is 4.98 Å². The molecule has 3 aromatic rings. The molecule has 0 saturated heterocycles. The molecule has 0 atom stereocenters. The topological polar surface area (TPSA) is 38.1 Å². The summed E-state index contributed by atoms with van der Waals surface area (Å²) in [4.78, 5) is 19.3. The van der Waals surface area contributed by atoms with Crippen molar-refractivity contribution in [2.24, 2.45) is 0 Å². The van der Waals surface area contributed by atoms with Crippen LogP contribution in [0.2, 0.25) is 4.34 Å². The van der Waals surface area contributed by atoms with Gasteiger partial charge in [-0.3, -0.25) is 4.79 Å². The van der Waals surface area contributed by atoms with Crippen molar-refractivity contribution in [3.05, 3.63) is 88.6 Å². The third-order valence-corrected chi connectivity index (χ3v) is 4.97. The van der Waals surface area contributed by atoms with Crippen LogP contribution in [-0.2, 0) is 11.3 Å². The highest BCUT2D eigenvalue weighted by Gasteiger charge is 2.11. The van der Waals surface area contributed by atoms with Gasteiger partial charge in [-0.05, 0) is 35.9 Å². The Hall–Kier alpha value is -2.63. The quantitative estimate of drug-likeness (QED) is 0.433. The molecule has 3 rings (SSSR count). The normalized spacial score (nSPS) is 11.0. The minimum Gasteiger partial charge on any atom is -0.330 e. The summed E-state index contributed by atoms with van der Waals surface area (Å²) in [6.45, 7) is 4.74. The molecule has 0 bridgehead atoms. The van der Waals surface area contributed by atoms with Gasteiger partial charge in [0.2, 0.25) is 5.91 Å². The lowest BCUT2D eigenvalue weighted by molar-refractivity contribution is -0.126. The summed E-state index contributed by atoms with van der Waals surface area (Å²) < 4.78 is 2.65. The van der Waals surface area contributed by atoms with E-state index in [1.807, 2.05) is 53.2 Å². The Kier molecular flexibility index (Phi) is 6.04. The molecule has 4 nitrogen and oxygen atoms in total. The highest BCUT2D eigenvalue weighted by molar-refractivity contribution is 7.16. The van der Waals surface area contributed by atoms with Crippen molar-refractivity contribution in [2.75, 3.05) is 6.54 Å². The van der Waals surface area contributed by atoms with E-state index in [9.17, 15) is 4.79 Å². The summed E-state index contributed by atoms with van der Waals surface area (Å²) >= 11 is 7.45. The highest BCUT2D eigenvalue weighted by atomic mass is 35.5. The molecule has 0 fully saturated rings. The third-order valence-electron chi connectivity index (χ3n) is 3.75. The first-order valence-corrected chi connectivity index (χ1v) is 9.25. The van der Waals surface area contributed by atoms with E-state index >= 15 is 0 Å². The van der Waals surface area contributed by atoms with Crippen LogP contribution >= 0.6 is 22.9 Å². The molecule has 0 spiro atoms. The second-order valence-electron chi connectivity index (χ2n) is 5.61. The van der Waals surface area contributed by atoms with Crippen molar-refractivity contribution >= 4 is 34.9 Å². The molecule has 0 aliphatic rings. The SMILES string of the molecule is C=CCN(Cc1ccc(Cl)s1)C(=O)/C=C/c1ccc(-n2ccnc2)cc1. The average Bonchev–Trinajstić information content (AvgIpc) is 3.32. The van der Waals surface area contributed by atoms with Crippen molar-refractivity contribution in [2.45, 2.75) is 6.54 Å². The number of hydrogen-bond acceptors (Lipinski definition) is 3. The van der Waals surface area contributed by atoms with E-state index in [0.29, 0.717) is 13.1 Å². The number of rotatable bonds is 7. The van der Waals surface area contributed by atoms with Crippen molar-refractivity contribution in [1.82, 2.24) is 14.5 Å². The maximum absolute atomic E-state index is 12.5. The summed E-state index contributed by atoms with van der Waals surface area (Å²) in [6.07, 6.45) is 10.5. The number of benzene rings is 1.